The Hall–Kier alpha value is -1.74. The lowest BCUT2D eigenvalue weighted by Gasteiger charge is -2.13. The van der Waals surface area contributed by atoms with Gasteiger partial charge in [0.1, 0.15) is 12.2 Å². The summed E-state index contributed by atoms with van der Waals surface area (Å²) >= 11 is 0. The van der Waals surface area contributed by atoms with E-state index in [1.54, 1.807) is 0 Å². The van der Waals surface area contributed by atoms with Crippen LogP contribution in [0.25, 0.3) is 0 Å². The normalized spacial score (nSPS) is 13.1. The molecular weight excluding hydrogens is 460 g/mol. The van der Waals surface area contributed by atoms with E-state index in [1.165, 1.54) is 11.5 Å². The Kier molecular flexibility index (Phi) is 30.5. The molecule has 0 bridgehead atoms. The van der Waals surface area contributed by atoms with Gasteiger partial charge in [-0.1, -0.05) is 21.6 Å². The lowest BCUT2D eigenvalue weighted by molar-refractivity contribution is -0.360. The molecule has 0 aromatic rings. The number of carbonyl (C=O) groups excluding carboxylic acids is 2. The van der Waals surface area contributed by atoms with E-state index < -0.39 is 48.3 Å². The summed E-state index contributed by atoms with van der Waals surface area (Å²) in [5, 5.41) is 68.3. The molecule has 0 radical (unpaired) electrons. The van der Waals surface area contributed by atoms with Crippen molar-refractivity contribution in [3.63, 3.8) is 0 Å². The molecular formula is C12H28N2O14S2. The summed E-state index contributed by atoms with van der Waals surface area (Å²) in [4.78, 5) is 38.8. The molecule has 0 aromatic carbocycles. The maximum absolute atomic E-state index is 9.74. The molecule has 182 valence electrons. The Morgan fingerprint density at radius 3 is 1.00 bits per heavy atom. The second kappa shape index (κ2) is 23.5. The summed E-state index contributed by atoms with van der Waals surface area (Å²) in [5.41, 5.74) is 7.47. The SMILES string of the molecule is O.O.O=C([O-])[C@H](O)[C@@H](O)C(=O)O.O=C([O-])[C@H](O)[C@@H](O)C(=O)O.[NH3+]CCSSCC[NH3+]. The average molecular weight is 488 g/mol. The van der Waals surface area contributed by atoms with Crippen molar-refractivity contribution in [2.24, 2.45) is 0 Å². The quantitative estimate of drug-likeness (QED) is 0.0988. The fraction of sp³-hybridized carbons (Fsp3) is 0.667. The minimum atomic E-state index is -2.38. The zero-order valence-electron chi connectivity index (χ0n) is 15.5. The zero-order chi connectivity index (χ0) is 22.9. The van der Waals surface area contributed by atoms with E-state index in [1.807, 2.05) is 21.6 Å². The maximum Gasteiger partial charge on any atom is 0.335 e. The molecule has 0 amide bonds. The summed E-state index contributed by atoms with van der Waals surface area (Å²) in [7, 11) is 3.78. The molecule has 0 aliphatic heterocycles. The fourth-order valence-corrected chi connectivity index (χ4v) is 2.65. The minimum Gasteiger partial charge on any atom is -0.547 e. The highest BCUT2D eigenvalue weighted by atomic mass is 33.1. The molecule has 0 aliphatic rings. The first-order chi connectivity index (χ1) is 12.8. The van der Waals surface area contributed by atoms with Crippen LogP contribution >= 0.6 is 21.6 Å². The van der Waals surface area contributed by atoms with Crippen molar-refractivity contribution in [2.45, 2.75) is 24.4 Å². The van der Waals surface area contributed by atoms with E-state index in [4.69, 9.17) is 30.6 Å². The number of rotatable bonds is 11. The van der Waals surface area contributed by atoms with Crippen molar-refractivity contribution < 1.29 is 82.5 Å². The van der Waals surface area contributed by atoms with Gasteiger partial charge in [0.25, 0.3) is 0 Å². The summed E-state index contributed by atoms with van der Waals surface area (Å²) < 4.78 is 0. The Morgan fingerprint density at radius 1 is 0.667 bits per heavy atom. The minimum absolute atomic E-state index is 0. The van der Waals surface area contributed by atoms with Crippen LogP contribution in [0.2, 0.25) is 0 Å². The predicted molar refractivity (Wildman–Crippen MR) is 97.0 cm³/mol. The van der Waals surface area contributed by atoms with Gasteiger partial charge in [-0.2, -0.15) is 0 Å². The van der Waals surface area contributed by atoms with Gasteiger partial charge in [0.2, 0.25) is 0 Å². The first kappa shape index (κ1) is 38.8. The monoisotopic (exact) mass is 488 g/mol. The van der Waals surface area contributed by atoms with Crippen molar-refractivity contribution in [1.82, 2.24) is 0 Å². The predicted octanol–water partition coefficient (Wildman–Crippen LogP) is -9.71. The Bertz CT molecular complexity index is 406. The molecule has 0 spiro atoms. The number of hydrogen-bond acceptors (Lipinski definition) is 12. The van der Waals surface area contributed by atoms with Gasteiger partial charge < -0.3 is 72.9 Å². The van der Waals surface area contributed by atoms with Gasteiger partial charge in [-0.05, 0) is 0 Å². The molecule has 0 heterocycles. The summed E-state index contributed by atoms with van der Waals surface area (Å²) in [6.45, 7) is 2.07. The molecule has 0 saturated carbocycles. The van der Waals surface area contributed by atoms with Crippen LogP contribution in [0.3, 0.4) is 0 Å². The van der Waals surface area contributed by atoms with Crippen LogP contribution in [0.5, 0.6) is 0 Å². The second-order valence-corrected chi connectivity index (χ2v) is 7.15. The molecule has 4 atom stereocenters. The van der Waals surface area contributed by atoms with Crippen LogP contribution in [0.4, 0.5) is 0 Å². The third-order valence-electron chi connectivity index (χ3n) is 2.13. The van der Waals surface area contributed by atoms with E-state index in [9.17, 15) is 29.4 Å². The fourth-order valence-electron chi connectivity index (χ4n) is 0.764. The molecule has 16 N–H and O–H groups in total. The topological polar surface area (TPSA) is 354 Å². The summed E-state index contributed by atoms with van der Waals surface area (Å²) in [6.07, 6.45) is -9.41. The maximum atomic E-state index is 9.74. The number of aliphatic hydroxyl groups excluding tert-OH is 4. The van der Waals surface area contributed by atoms with Crippen LogP contribution < -0.4 is 21.7 Å². The van der Waals surface area contributed by atoms with Crippen LogP contribution in [0.1, 0.15) is 0 Å². The molecule has 0 rings (SSSR count). The number of carboxylic acids is 4. The van der Waals surface area contributed by atoms with Gasteiger partial charge in [0, 0.05) is 0 Å². The first-order valence-corrected chi connectivity index (χ1v) is 9.76. The highest BCUT2D eigenvalue weighted by molar-refractivity contribution is 8.76. The van der Waals surface area contributed by atoms with Crippen LogP contribution in [0, 0.1) is 0 Å². The van der Waals surface area contributed by atoms with E-state index in [-0.39, 0.29) is 11.0 Å². The van der Waals surface area contributed by atoms with E-state index in [2.05, 4.69) is 11.5 Å². The highest BCUT2D eigenvalue weighted by Crippen LogP contribution is 2.18. The molecule has 16 nitrogen and oxygen atoms in total. The second-order valence-electron chi connectivity index (χ2n) is 4.44. The lowest BCUT2D eigenvalue weighted by Crippen LogP contribution is -2.51. The summed E-state index contributed by atoms with van der Waals surface area (Å²) in [6, 6.07) is 0. The van der Waals surface area contributed by atoms with E-state index in [0.29, 0.717) is 0 Å². The van der Waals surface area contributed by atoms with Gasteiger partial charge in [-0.3, -0.25) is 0 Å². The van der Waals surface area contributed by atoms with E-state index >= 15 is 0 Å². The third kappa shape index (κ3) is 22.5. The first-order valence-electron chi connectivity index (χ1n) is 7.27. The smallest absolute Gasteiger partial charge is 0.335 e. The Balaban J connectivity index is -0.000000102. The molecule has 0 unspecified atom stereocenters. The number of quaternary nitrogens is 2. The number of carboxylic acid groups (broad SMARTS) is 4. The standard InChI is InChI=1S/C4H12N2S2.2C4H6O6.2H2O/c5-1-3-7-8-4-2-6;2*5-1(3(7)8)2(6)4(9)10;;/h1-6H2;2*1-2,5-6H,(H,7,8)(H,9,10);2*1H2/t;2*1-,2-;;/m.11../s1. The van der Waals surface area contributed by atoms with E-state index in [0.717, 1.165) is 13.1 Å². The van der Waals surface area contributed by atoms with Gasteiger partial charge >= 0.3 is 11.9 Å². The number of hydrogen-bond donors (Lipinski definition) is 8. The Labute approximate surface area is 177 Å². The molecule has 0 fully saturated rings. The molecule has 0 aromatic heterocycles. The van der Waals surface area contributed by atoms with Crippen molar-refractivity contribution in [2.75, 3.05) is 24.6 Å². The molecule has 0 aliphatic carbocycles. The lowest BCUT2D eigenvalue weighted by atomic mass is 10.2. The molecule has 18 heteroatoms. The van der Waals surface area contributed by atoms with Crippen molar-refractivity contribution >= 4 is 45.5 Å². The third-order valence-corrected chi connectivity index (χ3v) is 4.70. The largest absolute Gasteiger partial charge is 0.547 e. The molecule has 30 heavy (non-hydrogen) atoms. The number of aliphatic hydroxyl groups is 4. The summed E-state index contributed by atoms with van der Waals surface area (Å²) in [5.74, 6) is -5.31. The van der Waals surface area contributed by atoms with Crippen molar-refractivity contribution in [3.05, 3.63) is 0 Å². The van der Waals surface area contributed by atoms with Crippen molar-refractivity contribution in [3.8, 4) is 0 Å². The van der Waals surface area contributed by atoms with Crippen LogP contribution in [0.15, 0.2) is 0 Å². The Morgan fingerprint density at radius 2 is 0.900 bits per heavy atom. The van der Waals surface area contributed by atoms with Gasteiger partial charge in [-0.25, -0.2) is 9.59 Å². The van der Waals surface area contributed by atoms with Crippen LogP contribution in [-0.4, -0.2) is 114 Å². The molecule has 0 saturated heterocycles. The van der Waals surface area contributed by atoms with Gasteiger partial charge in [0.15, 0.2) is 12.2 Å². The number of aliphatic carboxylic acids is 4. The average Bonchev–Trinajstić information content (AvgIpc) is 2.63. The van der Waals surface area contributed by atoms with Gasteiger partial charge in [0.05, 0.1) is 36.5 Å². The van der Waals surface area contributed by atoms with Gasteiger partial charge in [-0.15, -0.1) is 0 Å². The highest BCUT2D eigenvalue weighted by Gasteiger charge is 2.24. The number of carbonyl (C=O) groups is 4. The van der Waals surface area contributed by atoms with Crippen LogP contribution in [-0.2, 0) is 19.2 Å². The van der Waals surface area contributed by atoms with Crippen molar-refractivity contribution in [1.29, 1.82) is 0 Å². The zero-order valence-corrected chi connectivity index (χ0v) is 17.1.